The first-order valence-corrected chi connectivity index (χ1v) is 8.85. The molecular formula is C19H19ClN2O4. The lowest BCUT2D eigenvalue weighted by Gasteiger charge is -2.19. The summed E-state index contributed by atoms with van der Waals surface area (Å²) >= 11 is 6.01. The van der Waals surface area contributed by atoms with Gasteiger partial charge in [-0.3, -0.25) is 14.9 Å². The average molecular weight is 375 g/mol. The molecule has 1 aliphatic carbocycles. The second-order valence-electron chi connectivity index (χ2n) is 6.31. The first-order valence-electron chi connectivity index (χ1n) is 8.47. The Labute approximate surface area is 156 Å². The van der Waals surface area contributed by atoms with Gasteiger partial charge in [-0.15, -0.1) is 0 Å². The average Bonchev–Trinajstić information content (AvgIpc) is 2.63. The zero-order chi connectivity index (χ0) is 18.7. The van der Waals surface area contributed by atoms with Crippen molar-refractivity contribution in [1.29, 1.82) is 0 Å². The second-order valence-corrected chi connectivity index (χ2v) is 6.72. The largest absolute Gasteiger partial charge is 0.481 e. The summed E-state index contributed by atoms with van der Waals surface area (Å²) in [5, 5.41) is 13.7. The van der Waals surface area contributed by atoms with Crippen LogP contribution in [0.4, 0.5) is 11.4 Å². The van der Waals surface area contributed by atoms with Crippen LogP contribution in [0.5, 0.6) is 5.75 Å². The molecule has 0 spiro atoms. The standard InChI is InChI=1S/C19H19ClN2O4/c1-12(26-16-8-6-13-4-2-3-5-14(13)10-16)19(23)21-18-11-15(22(24)25)7-9-17(18)20/h6-12H,2-5H2,1H3,(H,21,23). The van der Waals surface area contributed by atoms with Crippen LogP contribution in [0, 0.1) is 10.1 Å². The van der Waals surface area contributed by atoms with E-state index in [1.54, 1.807) is 6.92 Å². The zero-order valence-corrected chi connectivity index (χ0v) is 15.1. The van der Waals surface area contributed by atoms with Crippen LogP contribution < -0.4 is 10.1 Å². The number of carbonyl (C=O) groups excluding carboxylic acids is 1. The second kappa shape index (κ2) is 7.74. The lowest BCUT2D eigenvalue weighted by atomic mass is 9.92. The molecule has 0 aliphatic heterocycles. The van der Waals surface area contributed by atoms with Gasteiger partial charge in [0.05, 0.1) is 15.6 Å². The van der Waals surface area contributed by atoms with Gasteiger partial charge in [0.1, 0.15) is 5.75 Å². The van der Waals surface area contributed by atoms with Crippen LogP contribution in [0.3, 0.4) is 0 Å². The number of non-ortho nitro benzene ring substituents is 1. The van der Waals surface area contributed by atoms with Crippen LogP contribution in [0.1, 0.15) is 30.9 Å². The third kappa shape index (κ3) is 4.14. The van der Waals surface area contributed by atoms with Crippen molar-refractivity contribution in [2.45, 2.75) is 38.7 Å². The maximum atomic E-state index is 12.4. The van der Waals surface area contributed by atoms with Crippen molar-refractivity contribution in [3.63, 3.8) is 0 Å². The number of anilines is 1. The van der Waals surface area contributed by atoms with Gasteiger partial charge in [-0.25, -0.2) is 0 Å². The van der Waals surface area contributed by atoms with Crippen molar-refractivity contribution in [2.75, 3.05) is 5.32 Å². The smallest absolute Gasteiger partial charge is 0.271 e. The van der Waals surface area contributed by atoms with E-state index in [1.807, 2.05) is 18.2 Å². The van der Waals surface area contributed by atoms with Crippen molar-refractivity contribution in [2.24, 2.45) is 0 Å². The minimum absolute atomic E-state index is 0.145. The number of rotatable bonds is 5. The van der Waals surface area contributed by atoms with Gasteiger partial charge in [-0.05, 0) is 61.9 Å². The molecule has 0 saturated heterocycles. The molecule has 1 aliphatic rings. The van der Waals surface area contributed by atoms with E-state index in [1.165, 1.54) is 35.7 Å². The summed E-state index contributed by atoms with van der Waals surface area (Å²) in [5.41, 5.74) is 2.65. The molecule has 0 bridgehead atoms. The van der Waals surface area contributed by atoms with E-state index in [0.29, 0.717) is 5.75 Å². The van der Waals surface area contributed by atoms with Crippen LogP contribution in [0.15, 0.2) is 36.4 Å². The van der Waals surface area contributed by atoms with E-state index in [2.05, 4.69) is 5.32 Å². The Morgan fingerprint density at radius 1 is 1.19 bits per heavy atom. The van der Waals surface area contributed by atoms with Crippen LogP contribution in [0.2, 0.25) is 5.02 Å². The summed E-state index contributed by atoms with van der Waals surface area (Å²) in [7, 11) is 0. The first-order chi connectivity index (χ1) is 12.4. The topological polar surface area (TPSA) is 81.5 Å². The Kier molecular flexibility index (Phi) is 5.42. The van der Waals surface area contributed by atoms with E-state index in [9.17, 15) is 14.9 Å². The lowest BCUT2D eigenvalue weighted by molar-refractivity contribution is -0.384. The van der Waals surface area contributed by atoms with E-state index in [0.717, 1.165) is 19.3 Å². The molecule has 136 valence electrons. The summed E-state index contributed by atoms with van der Waals surface area (Å²) in [4.78, 5) is 22.7. The molecule has 2 aromatic carbocycles. The number of benzene rings is 2. The first kappa shape index (κ1) is 18.2. The van der Waals surface area contributed by atoms with Crippen molar-refractivity contribution in [3.05, 3.63) is 62.7 Å². The molecule has 1 amide bonds. The molecule has 6 nitrogen and oxygen atoms in total. The monoisotopic (exact) mass is 374 g/mol. The maximum absolute atomic E-state index is 12.4. The van der Waals surface area contributed by atoms with Gasteiger partial charge in [0, 0.05) is 12.1 Å². The number of hydrogen-bond donors (Lipinski definition) is 1. The molecule has 1 N–H and O–H groups in total. The Morgan fingerprint density at radius 3 is 2.65 bits per heavy atom. The predicted octanol–water partition coefficient (Wildman–Crippen LogP) is 4.53. The Hall–Kier alpha value is -2.60. The predicted molar refractivity (Wildman–Crippen MR) is 99.9 cm³/mol. The van der Waals surface area contributed by atoms with E-state index in [4.69, 9.17) is 16.3 Å². The third-order valence-electron chi connectivity index (χ3n) is 4.42. The van der Waals surface area contributed by atoms with Gasteiger partial charge in [0.2, 0.25) is 0 Å². The SMILES string of the molecule is CC(Oc1ccc2c(c1)CCCC2)C(=O)Nc1cc([N+](=O)[O-])ccc1Cl. The highest BCUT2D eigenvalue weighted by Gasteiger charge is 2.19. The number of nitrogens with zero attached hydrogens (tertiary/aromatic N) is 1. The van der Waals surface area contributed by atoms with Gasteiger partial charge in [0.25, 0.3) is 11.6 Å². The molecule has 0 heterocycles. The van der Waals surface area contributed by atoms with Crippen LogP contribution >= 0.6 is 11.6 Å². The molecule has 0 radical (unpaired) electrons. The summed E-state index contributed by atoms with van der Waals surface area (Å²) < 4.78 is 5.74. The fraction of sp³-hybridized carbons (Fsp3) is 0.316. The highest BCUT2D eigenvalue weighted by atomic mass is 35.5. The number of carbonyl (C=O) groups is 1. The fourth-order valence-corrected chi connectivity index (χ4v) is 3.16. The summed E-state index contributed by atoms with van der Waals surface area (Å²) in [6.45, 7) is 1.63. The molecule has 0 aromatic heterocycles. The zero-order valence-electron chi connectivity index (χ0n) is 14.3. The minimum atomic E-state index is -0.771. The van der Waals surface area contributed by atoms with Crippen LogP contribution in [0.25, 0.3) is 0 Å². The normalized spacial score (nSPS) is 14.2. The summed E-state index contributed by atoms with van der Waals surface area (Å²) in [5.74, 6) is 0.212. The number of nitrogens with one attached hydrogen (secondary N) is 1. The van der Waals surface area contributed by atoms with Gasteiger partial charge in [-0.1, -0.05) is 17.7 Å². The number of amides is 1. The van der Waals surface area contributed by atoms with E-state index < -0.39 is 16.9 Å². The van der Waals surface area contributed by atoms with Crippen molar-refractivity contribution in [1.82, 2.24) is 0 Å². The Morgan fingerprint density at radius 2 is 1.92 bits per heavy atom. The molecule has 1 unspecified atom stereocenters. The molecule has 26 heavy (non-hydrogen) atoms. The summed E-state index contributed by atoms with van der Waals surface area (Å²) in [6, 6.07) is 9.79. The Bertz CT molecular complexity index is 853. The maximum Gasteiger partial charge on any atom is 0.271 e. The third-order valence-corrected chi connectivity index (χ3v) is 4.75. The van der Waals surface area contributed by atoms with Crippen LogP contribution in [-0.2, 0) is 17.6 Å². The van der Waals surface area contributed by atoms with Crippen molar-refractivity contribution < 1.29 is 14.5 Å². The molecule has 0 saturated carbocycles. The molecule has 0 fully saturated rings. The van der Waals surface area contributed by atoms with E-state index in [-0.39, 0.29) is 16.4 Å². The minimum Gasteiger partial charge on any atom is -0.481 e. The van der Waals surface area contributed by atoms with E-state index >= 15 is 0 Å². The highest BCUT2D eigenvalue weighted by molar-refractivity contribution is 6.33. The quantitative estimate of drug-likeness (QED) is 0.615. The van der Waals surface area contributed by atoms with Gasteiger partial charge < -0.3 is 10.1 Å². The van der Waals surface area contributed by atoms with Crippen molar-refractivity contribution in [3.8, 4) is 5.75 Å². The van der Waals surface area contributed by atoms with Gasteiger partial charge in [0.15, 0.2) is 6.10 Å². The van der Waals surface area contributed by atoms with Crippen molar-refractivity contribution >= 4 is 28.9 Å². The molecule has 3 rings (SSSR count). The number of nitro groups is 1. The molecule has 2 aromatic rings. The molecule has 1 atom stereocenters. The number of fused-ring (bicyclic) bond motifs is 1. The summed E-state index contributed by atoms with van der Waals surface area (Å²) in [6.07, 6.45) is 3.70. The highest BCUT2D eigenvalue weighted by Crippen LogP contribution is 2.28. The van der Waals surface area contributed by atoms with Crippen LogP contribution in [-0.4, -0.2) is 16.9 Å². The van der Waals surface area contributed by atoms with Gasteiger partial charge >= 0.3 is 0 Å². The van der Waals surface area contributed by atoms with Gasteiger partial charge in [-0.2, -0.15) is 0 Å². The number of nitro benzene ring substituents is 1. The fourth-order valence-electron chi connectivity index (χ4n) is 3.00. The Balaban J connectivity index is 1.68. The molecular weight excluding hydrogens is 356 g/mol. The molecule has 7 heteroatoms. The number of hydrogen-bond acceptors (Lipinski definition) is 4. The number of aryl methyl sites for hydroxylation is 2. The lowest BCUT2D eigenvalue weighted by Crippen LogP contribution is -2.30. The number of ether oxygens (including phenoxy) is 1. The number of halogens is 1.